The highest BCUT2D eigenvalue weighted by Crippen LogP contribution is 2.41. The molecular formula is C13H22N2O2. The zero-order valence-electron chi connectivity index (χ0n) is 10.4. The molecule has 0 spiro atoms. The Bertz CT molecular complexity index is 313. The van der Waals surface area contributed by atoms with Crippen molar-refractivity contribution in [2.75, 3.05) is 26.3 Å². The van der Waals surface area contributed by atoms with Crippen LogP contribution in [0.3, 0.4) is 0 Å². The number of carbonyl (C=O) groups excluding carboxylic acids is 1. The summed E-state index contributed by atoms with van der Waals surface area (Å²) in [6, 6.07) is 0.513. The maximum atomic E-state index is 12.7. The van der Waals surface area contributed by atoms with Gasteiger partial charge in [-0.25, -0.2) is 0 Å². The summed E-state index contributed by atoms with van der Waals surface area (Å²) in [6.45, 7) is 2.82. The summed E-state index contributed by atoms with van der Waals surface area (Å²) in [5, 5.41) is 0. The molecule has 0 aromatic rings. The summed E-state index contributed by atoms with van der Waals surface area (Å²) in [4.78, 5) is 14.9. The zero-order valence-corrected chi connectivity index (χ0v) is 10.4. The lowest BCUT2D eigenvalue weighted by Gasteiger charge is -2.40. The Kier molecular flexibility index (Phi) is 2.87. The fourth-order valence-electron chi connectivity index (χ4n) is 3.75. The normalized spacial score (nSPS) is 35.2. The third kappa shape index (κ3) is 1.78. The number of nitrogens with zero attached hydrogens (tertiary/aromatic N) is 1. The summed E-state index contributed by atoms with van der Waals surface area (Å²) < 4.78 is 5.38. The van der Waals surface area contributed by atoms with Crippen LogP contribution < -0.4 is 5.73 Å². The average Bonchev–Trinajstić information content (AvgIpc) is 3.01. The van der Waals surface area contributed by atoms with Crippen LogP contribution in [0.5, 0.6) is 0 Å². The number of likely N-dealkylation sites (tertiary alicyclic amines) is 1. The second-order valence-corrected chi connectivity index (χ2v) is 5.89. The predicted molar refractivity (Wildman–Crippen MR) is 64.4 cm³/mol. The van der Waals surface area contributed by atoms with Crippen LogP contribution in [-0.2, 0) is 9.53 Å². The molecule has 4 heteroatoms. The molecule has 0 radical (unpaired) electrons. The minimum absolute atomic E-state index is 0.315. The third-order valence-corrected chi connectivity index (χ3v) is 4.96. The quantitative estimate of drug-likeness (QED) is 0.772. The molecule has 96 valence electrons. The molecular weight excluding hydrogens is 216 g/mol. The van der Waals surface area contributed by atoms with E-state index < -0.39 is 0 Å². The minimum atomic E-state index is -0.317. The van der Waals surface area contributed by atoms with E-state index in [-0.39, 0.29) is 5.41 Å². The van der Waals surface area contributed by atoms with Gasteiger partial charge in [0, 0.05) is 32.3 Å². The summed E-state index contributed by atoms with van der Waals surface area (Å²) in [6.07, 6.45) is 5.34. The molecule has 3 rings (SSSR count). The van der Waals surface area contributed by atoms with E-state index in [9.17, 15) is 4.79 Å². The van der Waals surface area contributed by atoms with E-state index in [1.54, 1.807) is 0 Å². The molecule has 2 aliphatic heterocycles. The van der Waals surface area contributed by atoms with Crippen molar-refractivity contribution < 1.29 is 9.53 Å². The van der Waals surface area contributed by atoms with Crippen LogP contribution in [-0.4, -0.2) is 43.2 Å². The molecule has 2 N–H and O–H groups in total. The van der Waals surface area contributed by atoms with Crippen molar-refractivity contribution in [1.82, 2.24) is 4.90 Å². The molecule has 1 aliphatic carbocycles. The van der Waals surface area contributed by atoms with Crippen molar-refractivity contribution in [2.45, 2.75) is 38.1 Å². The second-order valence-electron chi connectivity index (χ2n) is 5.89. The molecule has 4 nitrogen and oxygen atoms in total. The van der Waals surface area contributed by atoms with Crippen LogP contribution in [0, 0.1) is 11.3 Å². The topological polar surface area (TPSA) is 55.6 Å². The maximum Gasteiger partial charge on any atom is 0.230 e. The van der Waals surface area contributed by atoms with E-state index in [2.05, 4.69) is 4.90 Å². The van der Waals surface area contributed by atoms with Gasteiger partial charge in [-0.3, -0.25) is 4.79 Å². The Morgan fingerprint density at radius 1 is 1.35 bits per heavy atom. The monoisotopic (exact) mass is 238 g/mol. The number of piperidine rings is 1. The Morgan fingerprint density at radius 3 is 2.65 bits per heavy atom. The van der Waals surface area contributed by atoms with Crippen LogP contribution in [0.15, 0.2) is 0 Å². The number of nitrogens with two attached hydrogens (primary N) is 1. The summed E-state index contributed by atoms with van der Waals surface area (Å²) in [5.41, 5.74) is 5.59. The van der Waals surface area contributed by atoms with Gasteiger partial charge in [-0.05, 0) is 38.0 Å². The highest BCUT2D eigenvalue weighted by molar-refractivity contribution is 5.84. The molecule has 1 amide bonds. The number of rotatable bonds is 2. The molecule has 0 aromatic carbocycles. The minimum Gasteiger partial charge on any atom is -0.381 e. The fraction of sp³-hybridized carbons (Fsp3) is 0.923. The molecule has 2 saturated heterocycles. The van der Waals surface area contributed by atoms with Crippen molar-refractivity contribution in [2.24, 2.45) is 17.1 Å². The van der Waals surface area contributed by atoms with E-state index >= 15 is 0 Å². The maximum absolute atomic E-state index is 12.7. The lowest BCUT2D eigenvalue weighted by Crippen LogP contribution is -2.52. The van der Waals surface area contributed by atoms with Gasteiger partial charge in [-0.2, -0.15) is 0 Å². The number of ether oxygens (including phenoxy) is 1. The molecule has 3 aliphatic rings. The van der Waals surface area contributed by atoms with Gasteiger partial charge < -0.3 is 15.4 Å². The van der Waals surface area contributed by atoms with E-state index in [4.69, 9.17) is 10.5 Å². The highest BCUT2D eigenvalue weighted by atomic mass is 16.5. The second kappa shape index (κ2) is 4.25. The molecule has 17 heavy (non-hydrogen) atoms. The van der Waals surface area contributed by atoms with Crippen LogP contribution >= 0.6 is 0 Å². The molecule has 2 atom stereocenters. The lowest BCUT2D eigenvalue weighted by atomic mass is 9.78. The largest absolute Gasteiger partial charge is 0.381 e. The van der Waals surface area contributed by atoms with Gasteiger partial charge in [0.2, 0.25) is 5.91 Å². The Hall–Kier alpha value is -0.610. The highest BCUT2D eigenvalue weighted by Gasteiger charge is 2.48. The van der Waals surface area contributed by atoms with E-state index in [1.165, 1.54) is 19.3 Å². The summed E-state index contributed by atoms with van der Waals surface area (Å²) >= 11 is 0. The molecule has 2 unspecified atom stereocenters. The lowest BCUT2D eigenvalue weighted by molar-refractivity contribution is -0.148. The van der Waals surface area contributed by atoms with Gasteiger partial charge in [-0.15, -0.1) is 0 Å². The number of fused-ring (bicyclic) bond motifs is 2. The predicted octanol–water partition coefficient (Wildman–Crippen LogP) is 0.753. The van der Waals surface area contributed by atoms with Gasteiger partial charge >= 0.3 is 0 Å². The molecule has 2 heterocycles. The van der Waals surface area contributed by atoms with Crippen molar-refractivity contribution >= 4 is 5.91 Å². The first-order chi connectivity index (χ1) is 8.25. The summed E-state index contributed by atoms with van der Waals surface area (Å²) in [7, 11) is 0. The first-order valence-corrected chi connectivity index (χ1v) is 6.84. The number of hydrogen-bond acceptors (Lipinski definition) is 3. The van der Waals surface area contributed by atoms with Crippen LogP contribution in [0.25, 0.3) is 0 Å². The smallest absolute Gasteiger partial charge is 0.230 e. The molecule has 0 aromatic heterocycles. The average molecular weight is 238 g/mol. The van der Waals surface area contributed by atoms with Crippen molar-refractivity contribution in [3.8, 4) is 0 Å². The van der Waals surface area contributed by atoms with E-state index in [0.29, 0.717) is 31.7 Å². The van der Waals surface area contributed by atoms with Crippen LogP contribution in [0.2, 0.25) is 0 Å². The SMILES string of the molecule is NCC1(C(=O)N2CC3CCC2C3)CCOCC1. The number of carbonyl (C=O) groups is 1. The van der Waals surface area contributed by atoms with Gasteiger partial charge in [0.1, 0.15) is 0 Å². The Balaban J connectivity index is 1.75. The van der Waals surface area contributed by atoms with Gasteiger partial charge in [0.15, 0.2) is 0 Å². The standard InChI is InChI=1S/C13H22N2O2/c14-9-13(3-5-17-6-4-13)12(16)15-8-10-1-2-11(15)7-10/h10-11H,1-9,14H2. The zero-order chi connectivity index (χ0) is 11.9. The summed E-state index contributed by atoms with van der Waals surface area (Å²) in [5.74, 6) is 1.08. The molecule has 1 saturated carbocycles. The van der Waals surface area contributed by atoms with Crippen molar-refractivity contribution in [3.63, 3.8) is 0 Å². The number of amides is 1. The van der Waals surface area contributed by atoms with E-state index in [1.807, 2.05) is 0 Å². The Labute approximate surface area is 102 Å². The van der Waals surface area contributed by atoms with Gasteiger partial charge in [0.25, 0.3) is 0 Å². The first-order valence-electron chi connectivity index (χ1n) is 6.84. The fourth-order valence-corrected chi connectivity index (χ4v) is 3.75. The van der Waals surface area contributed by atoms with Crippen molar-refractivity contribution in [1.29, 1.82) is 0 Å². The Morgan fingerprint density at radius 2 is 2.12 bits per heavy atom. The van der Waals surface area contributed by atoms with Gasteiger partial charge in [0.05, 0.1) is 5.41 Å². The van der Waals surface area contributed by atoms with E-state index in [0.717, 1.165) is 25.3 Å². The van der Waals surface area contributed by atoms with Crippen LogP contribution in [0.4, 0.5) is 0 Å². The van der Waals surface area contributed by atoms with Crippen LogP contribution in [0.1, 0.15) is 32.1 Å². The first kappa shape index (κ1) is 11.5. The van der Waals surface area contributed by atoms with Crippen molar-refractivity contribution in [3.05, 3.63) is 0 Å². The number of hydrogen-bond donors (Lipinski definition) is 1. The third-order valence-electron chi connectivity index (χ3n) is 4.96. The van der Waals surface area contributed by atoms with Gasteiger partial charge in [-0.1, -0.05) is 0 Å². The molecule has 2 bridgehead atoms. The molecule has 3 fully saturated rings.